The number of hydrogen-bond acceptors (Lipinski definition) is 1. The first-order valence-corrected chi connectivity index (χ1v) is 10.1. The zero-order valence-electron chi connectivity index (χ0n) is 11.9. The van der Waals surface area contributed by atoms with Crippen molar-refractivity contribution in [2.75, 3.05) is 0 Å². The molecule has 0 saturated heterocycles. The van der Waals surface area contributed by atoms with Crippen LogP contribution in [0, 0.1) is 112 Å². The first kappa shape index (κ1) is 8.71. The van der Waals surface area contributed by atoms with Gasteiger partial charge in [-0.3, -0.25) is 0 Å². The Balaban J connectivity index is 1.49. The zero-order chi connectivity index (χ0) is 12.5. The molecule has 1 heteroatoms. The lowest BCUT2D eigenvalue weighted by atomic mass is 9.75. The molecular weight excluding hydrogens is 256 g/mol. The van der Waals surface area contributed by atoms with E-state index in [0.717, 1.165) is 88.8 Å². The highest BCUT2D eigenvalue weighted by atomic mass is 16.3. The van der Waals surface area contributed by atoms with Gasteiger partial charge in [0.15, 0.2) is 0 Å². The molecule has 0 amide bonds. The summed E-state index contributed by atoms with van der Waals surface area (Å²) in [6.45, 7) is 0. The van der Waals surface area contributed by atoms with Gasteiger partial charge in [-0.2, -0.15) is 0 Å². The van der Waals surface area contributed by atoms with Crippen LogP contribution in [-0.4, -0.2) is 10.7 Å². The van der Waals surface area contributed by atoms with Gasteiger partial charge in [-0.25, -0.2) is 0 Å². The molecule has 0 radical (unpaired) electrons. The number of rotatable bonds is 0. The summed E-state index contributed by atoms with van der Waals surface area (Å²) in [6, 6.07) is 0. The van der Waals surface area contributed by atoms with Crippen LogP contribution < -0.4 is 0 Å². The van der Waals surface area contributed by atoms with Crippen LogP contribution in [0.15, 0.2) is 0 Å². The molecule has 1 N–H and O–H groups in total. The molecule has 0 aromatic rings. The highest BCUT2D eigenvalue weighted by molar-refractivity contribution is 5.48. The highest BCUT2D eigenvalue weighted by Crippen LogP contribution is 3.02. The van der Waals surface area contributed by atoms with Crippen molar-refractivity contribution in [3.63, 3.8) is 0 Å². The summed E-state index contributed by atoms with van der Waals surface area (Å²) in [4.78, 5) is 0. The molecular formula is C20H20O. The summed E-state index contributed by atoms with van der Waals surface area (Å²) in [5.74, 6) is 20.6. The van der Waals surface area contributed by atoms with E-state index in [4.69, 9.17) is 0 Å². The fourth-order valence-corrected chi connectivity index (χ4v) is 15.4. The van der Waals surface area contributed by atoms with Crippen molar-refractivity contribution in [1.82, 2.24) is 0 Å². The molecule has 12 saturated carbocycles. The third kappa shape index (κ3) is 0.406. The first-order chi connectivity index (χ1) is 10.4. The molecule has 12 aliphatic carbocycles. The molecule has 20 atom stereocenters. The fourth-order valence-electron chi connectivity index (χ4n) is 15.4. The Hall–Kier alpha value is -0.0400. The maximum Gasteiger partial charge on any atom is 0.0748 e. The zero-order valence-corrected chi connectivity index (χ0v) is 11.9. The van der Waals surface area contributed by atoms with Gasteiger partial charge in [-0.15, -0.1) is 0 Å². The summed E-state index contributed by atoms with van der Waals surface area (Å²) in [5.41, 5.74) is -0.0991. The van der Waals surface area contributed by atoms with Crippen LogP contribution in [0.2, 0.25) is 0 Å². The second-order valence-electron chi connectivity index (χ2n) is 11.7. The maximum absolute atomic E-state index is 12.1. The van der Waals surface area contributed by atoms with Crippen molar-refractivity contribution in [1.29, 1.82) is 0 Å². The molecule has 8 unspecified atom stereocenters. The third-order valence-electron chi connectivity index (χ3n) is 13.4. The molecule has 0 heterocycles. The molecule has 0 bridgehead atoms. The second-order valence-corrected chi connectivity index (χ2v) is 11.7. The first-order valence-electron chi connectivity index (χ1n) is 10.1. The van der Waals surface area contributed by atoms with Crippen LogP contribution in [0.3, 0.4) is 0 Å². The molecule has 0 aromatic heterocycles. The van der Waals surface area contributed by atoms with Crippen molar-refractivity contribution in [3.8, 4) is 0 Å². The van der Waals surface area contributed by atoms with Gasteiger partial charge in [0.1, 0.15) is 0 Å². The van der Waals surface area contributed by atoms with Crippen LogP contribution in [0.4, 0.5) is 0 Å². The van der Waals surface area contributed by atoms with E-state index in [1.807, 2.05) is 0 Å². The van der Waals surface area contributed by atoms with E-state index >= 15 is 0 Å². The largest absolute Gasteiger partial charge is 0.389 e. The molecule has 21 heavy (non-hydrogen) atoms. The second kappa shape index (κ2) is 1.81. The lowest BCUT2D eigenvalue weighted by molar-refractivity contribution is -0.0552. The Morgan fingerprint density at radius 3 is 0.762 bits per heavy atom. The Kier molecular flexibility index (Phi) is 0.751. The van der Waals surface area contributed by atoms with Gasteiger partial charge in [0.2, 0.25) is 0 Å². The average molecular weight is 276 g/mol. The summed E-state index contributed by atoms with van der Waals surface area (Å²) >= 11 is 0. The topological polar surface area (TPSA) is 20.2 Å². The van der Waals surface area contributed by atoms with Gasteiger partial charge in [0, 0.05) is 0 Å². The minimum absolute atomic E-state index is 0.0991. The van der Waals surface area contributed by atoms with Crippen molar-refractivity contribution >= 4 is 0 Å². The van der Waals surface area contributed by atoms with Crippen molar-refractivity contribution in [2.45, 2.75) is 5.60 Å². The van der Waals surface area contributed by atoms with Gasteiger partial charge in [-0.1, -0.05) is 0 Å². The molecule has 106 valence electrons. The summed E-state index contributed by atoms with van der Waals surface area (Å²) < 4.78 is 0. The van der Waals surface area contributed by atoms with E-state index in [1.54, 1.807) is 0 Å². The minimum Gasteiger partial charge on any atom is -0.389 e. The molecule has 12 fully saturated rings. The average Bonchev–Trinajstić information content (AvgIpc) is 3.10. The Morgan fingerprint density at radius 1 is 0.333 bits per heavy atom. The van der Waals surface area contributed by atoms with Crippen LogP contribution in [0.1, 0.15) is 0 Å². The van der Waals surface area contributed by atoms with Crippen LogP contribution >= 0.6 is 0 Å². The van der Waals surface area contributed by atoms with E-state index in [9.17, 15) is 5.11 Å². The van der Waals surface area contributed by atoms with E-state index in [-0.39, 0.29) is 5.60 Å². The molecule has 0 aliphatic heterocycles. The summed E-state index contributed by atoms with van der Waals surface area (Å²) in [6.07, 6.45) is 0. The molecule has 0 aromatic carbocycles. The van der Waals surface area contributed by atoms with Crippen molar-refractivity contribution < 1.29 is 5.11 Å². The monoisotopic (exact) mass is 276 g/mol. The maximum atomic E-state index is 12.1. The molecule has 12 aliphatic rings. The van der Waals surface area contributed by atoms with Gasteiger partial charge in [0.25, 0.3) is 0 Å². The Morgan fingerprint density at radius 2 is 0.524 bits per heavy atom. The van der Waals surface area contributed by atoms with Crippen molar-refractivity contribution in [2.24, 2.45) is 112 Å². The third-order valence-corrected chi connectivity index (χ3v) is 13.4. The minimum atomic E-state index is -0.0991. The van der Waals surface area contributed by atoms with Crippen LogP contribution in [-0.2, 0) is 0 Å². The number of hydrogen-bond donors (Lipinski definition) is 1. The number of aliphatic hydroxyl groups is 1. The summed E-state index contributed by atoms with van der Waals surface area (Å²) in [5, 5.41) is 12.1. The van der Waals surface area contributed by atoms with E-state index in [1.165, 1.54) is 23.7 Å². The lowest BCUT2D eigenvalue weighted by Crippen LogP contribution is -2.42. The van der Waals surface area contributed by atoms with Gasteiger partial charge in [-0.05, 0) is 112 Å². The summed E-state index contributed by atoms with van der Waals surface area (Å²) in [7, 11) is 0. The van der Waals surface area contributed by atoms with Crippen LogP contribution in [0.25, 0.3) is 0 Å². The van der Waals surface area contributed by atoms with E-state index in [0.29, 0.717) is 0 Å². The fraction of sp³-hybridized carbons (Fsp3) is 1.00. The predicted molar refractivity (Wildman–Crippen MR) is 71.3 cm³/mol. The van der Waals surface area contributed by atoms with Crippen molar-refractivity contribution in [3.05, 3.63) is 0 Å². The van der Waals surface area contributed by atoms with Gasteiger partial charge in [0.05, 0.1) is 5.60 Å². The van der Waals surface area contributed by atoms with Crippen LogP contribution in [0.5, 0.6) is 0 Å². The SMILES string of the molecule is OC12C3[C@@H]4[C@@H]5C6C7C8[C@@H]9[C@@H]6[C@@H]4C1[C@@H]9[C@@H]1C2[C@H]2[C@@H](C7[C@@H]5[C@@H]32)[C@H]81. The predicted octanol–water partition coefficient (Wildman–Crippen LogP) is 1.57. The smallest absolute Gasteiger partial charge is 0.0748 e. The van der Waals surface area contributed by atoms with E-state index in [2.05, 4.69) is 0 Å². The molecule has 0 spiro atoms. The lowest BCUT2D eigenvalue weighted by Gasteiger charge is -2.35. The highest BCUT2D eigenvalue weighted by Gasteiger charge is 3.02. The molecule has 12 rings (SSSR count). The van der Waals surface area contributed by atoms with E-state index < -0.39 is 0 Å². The Bertz CT molecular complexity index is 611. The molecule has 1 nitrogen and oxygen atoms in total. The Labute approximate surface area is 123 Å². The van der Waals surface area contributed by atoms with Gasteiger partial charge < -0.3 is 5.11 Å². The normalized spacial score (nSPS) is 107. The standard InChI is InChI=1S/C20H20O/c21-20-17-11-5-2-1-3-7(5)13(17)15-9(3)10-4(1)8-6(2)12(11)18(20)14(8)16(10)19(15)20/h1-19,21H/t1?,2?,3?,4?,5-,6-,7-,8+,9+,10+,11-,12+,13+,14+,15-,16-,17?,18?,19?,20?/m0/s1. The van der Waals surface area contributed by atoms with Gasteiger partial charge >= 0.3 is 0 Å². The quantitative estimate of drug-likeness (QED) is 0.712.